The second-order valence-electron chi connectivity index (χ2n) is 6.98. The number of benzene rings is 1. The largest absolute Gasteiger partial charge is 0.465 e. The van der Waals surface area contributed by atoms with Crippen molar-refractivity contribution in [3.63, 3.8) is 0 Å². The fourth-order valence-electron chi connectivity index (χ4n) is 3.04. The third-order valence-electron chi connectivity index (χ3n) is 4.85. The third kappa shape index (κ3) is 3.65. The van der Waals surface area contributed by atoms with Crippen molar-refractivity contribution in [2.75, 3.05) is 11.9 Å². The minimum atomic E-state index is -4.48. The van der Waals surface area contributed by atoms with Gasteiger partial charge >= 0.3 is 18.0 Å². The number of hydrogen-bond donors (Lipinski definition) is 2. The van der Waals surface area contributed by atoms with Crippen LogP contribution in [0.15, 0.2) is 41.3 Å². The summed E-state index contributed by atoms with van der Waals surface area (Å²) in [5.41, 5.74) is 0.155. The molecule has 0 spiro atoms. The number of aromatic amines is 1. The highest BCUT2D eigenvalue weighted by atomic mass is 19.4. The highest BCUT2D eigenvalue weighted by molar-refractivity contribution is 5.86. The maximum Gasteiger partial charge on any atom is 0.416 e. The topological polar surface area (TPSA) is 104 Å². The summed E-state index contributed by atoms with van der Waals surface area (Å²) in [6.07, 6.45) is -2.39. The van der Waals surface area contributed by atoms with Gasteiger partial charge in [0.05, 0.1) is 28.8 Å². The first-order chi connectivity index (χ1) is 14.1. The Balaban J connectivity index is 1.76. The molecule has 0 aliphatic heterocycles. The summed E-state index contributed by atoms with van der Waals surface area (Å²) < 4.78 is 39.3. The van der Waals surface area contributed by atoms with Crippen LogP contribution in [0.2, 0.25) is 0 Å². The van der Waals surface area contributed by atoms with Gasteiger partial charge in [-0.1, -0.05) is 0 Å². The van der Waals surface area contributed by atoms with Crippen LogP contribution in [0.5, 0.6) is 0 Å². The van der Waals surface area contributed by atoms with E-state index in [0.717, 1.165) is 46.7 Å². The average molecular weight is 419 g/mol. The highest BCUT2D eigenvalue weighted by Crippen LogP contribution is 2.43. The lowest BCUT2D eigenvalue weighted by Crippen LogP contribution is -2.24. The molecule has 0 bridgehead atoms. The fourth-order valence-corrected chi connectivity index (χ4v) is 3.04. The zero-order chi connectivity index (χ0) is 21.6. The van der Waals surface area contributed by atoms with Gasteiger partial charge in [-0.3, -0.25) is 14.9 Å². The molecule has 1 fully saturated rings. The molecular formula is C19H16F3N5O3. The van der Waals surface area contributed by atoms with Crippen molar-refractivity contribution in [1.29, 1.82) is 0 Å². The number of halogens is 3. The molecule has 2 heterocycles. The van der Waals surface area contributed by atoms with Crippen LogP contribution in [0.25, 0.3) is 17.1 Å². The molecule has 0 radical (unpaired) electrons. The summed E-state index contributed by atoms with van der Waals surface area (Å²) in [5.74, 6) is 0.346. The van der Waals surface area contributed by atoms with Crippen LogP contribution in [0, 0.1) is 0 Å². The van der Waals surface area contributed by atoms with Crippen molar-refractivity contribution in [1.82, 2.24) is 19.7 Å². The second-order valence-corrected chi connectivity index (χ2v) is 6.98. The minimum absolute atomic E-state index is 0.162. The van der Waals surface area contributed by atoms with E-state index in [-0.39, 0.29) is 17.4 Å². The van der Waals surface area contributed by atoms with E-state index in [1.807, 2.05) is 0 Å². The lowest BCUT2D eigenvalue weighted by molar-refractivity contribution is -0.137. The van der Waals surface area contributed by atoms with Gasteiger partial charge in [0.25, 0.3) is 0 Å². The number of H-pyrrole nitrogens is 1. The predicted octanol–water partition coefficient (Wildman–Crippen LogP) is 3.63. The van der Waals surface area contributed by atoms with Crippen LogP contribution in [0.4, 0.5) is 23.7 Å². The van der Waals surface area contributed by atoms with Crippen molar-refractivity contribution in [3.05, 3.63) is 58.3 Å². The Bertz CT molecular complexity index is 1160. The molecule has 30 heavy (non-hydrogen) atoms. The zero-order valence-electron chi connectivity index (χ0n) is 15.6. The van der Waals surface area contributed by atoms with Gasteiger partial charge in [-0.2, -0.15) is 17.9 Å². The van der Waals surface area contributed by atoms with E-state index < -0.39 is 23.5 Å². The molecule has 2 aromatic heterocycles. The quantitative estimate of drug-likeness (QED) is 0.672. The molecule has 0 atom stereocenters. The van der Waals surface area contributed by atoms with Crippen molar-refractivity contribution in [3.8, 4) is 17.1 Å². The normalized spacial score (nSPS) is 14.0. The van der Waals surface area contributed by atoms with Gasteiger partial charge in [0, 0.05) is 18.5 Å². The number of pyridine rings is 1. The van der Waals surface area contributed by atoms with Gasteiger partial charge in [0.2, 0.25) is 0 Å². The molecule has 3 aromatic rings. The van der Waals surface area contributed by atoms with E-state index >= 15 is 0 Å². The summed E-state index contributed by atoms with van der Waals surface area (Å²) in [7, 11) is 1.36. The van der Waals surface area contributed by atoms with Crippen LogP contribution < -0.4 is 10.6 Å². The third-order valence-corrected chi connectivity index (χ3v) is 4.85. The lowest BCUT2D eigenvalue weighted by Gasteiger charge is -2.15. The summed E-state index contributed by atoms with van der Waals surface area (Å²) in [6, 6.07) is 5.63. The maximum absolute atomic E-state index is 12.8. The Labute approximate surface area is 167 Å². The van der Waals surface area contributed by atoms with E-state index in [1.54, 1.807) is 6.07 Å². The van der Waals surface area contributed by atoms with Gasteiger partial charge in [-0.25, -0.2) is 9.59 Å². The molecule has 1 aliphatic rings. The van der Waals surface area contributed by atoms with E-state index in [1.165, 1.54) is 13.2 Å². The molecule has 1 aromatic carbocycles. The number of nitrogens with one attached hydrogen (secondary N) is 1. The number of nitrogens with zero attached hydrogens (tertiary/aromatic N) is 4. The monoisotopic (exact) mass is 419 g/mol. The van der Waals surface area contributed by atoms with Gasteiger partial charge in [-0.05, 0) is 43.2 Å². The molecule has 8 nitrogen and oxygen atoms in total. The molecule has 11 heteroatoms. The Morgan fingerprint density at radius 2 is 1.93 bits per heavy atom. The minimum Gasteiger partial charge on any atom is -0.465 e. The first-order valence-electron chi connectivity index (χ1n) is 8.99. The molecule has 1 aliphatic carbocycles. The second kappa shape index (κ2) is 7.01. The van der Waals surface area contributed by atoms with Gasteiger partial charge < -0.3 is 5.11 Å². The fraction of sp³-hybridized carbons (Fsp3) is 0.263. The van der Waals surface area contributed by atoms with Crippen LogP contribution in [-0.2, 0) is 6.18 Å². The molecular weight excluding hydrogens is 403 g/mol. The Hall–Kier alpha value is -3.63. The molecule has 2 N–H and O–H groups in total. The van der Waals surface area contributed by atoms with Crippen LogP contribution in [0.3, 0.4) is 0 Å². The highest BCUT2D eigenvalue weighted by Gasteiger charge is 2.31. The van der Waals surface area contributed by atoms with E-state index in [0.29, 0.717) is 16.9 Å². The summed E-state index contributed by atoms with van der Waals surface area (Å²) in [4.78, 5) is 31.6. The zero-order valence-corrected chi connectivity index (χ0v) is 15.6. The number of rotatable bonds is 4. The van der Waals surface area contributed by atoms with Crippen molar-refractivity contribution < 1.29 is 23.1 Å². The Kier molecular flexibility index (Phi) is 4.60. The molecule has 1 amide bonds. The van der Waals surface area contributed by atoms with Crippen LogP contribution >= 0.6 is 0 Å². The van der Waals surface area contributed by atoms with Crippen molar-refractivity contribution >= 4 is 11.8 Å². The van der Waals surface area contributed by atoms with Crippen molar-refractivity contribution in [2.45, 2.75) is 24.9 Å². The number of hydrogen-bond acceptors (Lipinski definition) is 4. The number of carbonyl (C=O) groups is 1. The Morgan fingerprint density at radius 3 is 2.50 bits per heavy atom. The molecule has 4 rings (SSSR count). The SMILES string of the molecule is CN(C(=O)O)c1cnc(C2CC2)c(-c2nn(-c3ccc(C(F)(F)F)cc3)c(=O)[nH]2)c1. The van der Waals surface area contributed by atoms with Gasteiger partial charge in [-0.15, -0.1) is 5.10 Å². The molecule has 1 saturated carbocycles. The lowest BCUT2D eigenvalue weighted by atomic mass is 10.1. The van der Waals surface area contributed by atoms with Crippen molar-refractivity contribution in [2.24, 2.45) is 0 Å². The van der Waals surface area contributed by atoms with E-state index in [4.69, 9.17) is 0 Å². The molecule has 0 saturated heterocycles. The molecule has 156 valence electrons. The Morgan fingerprint density at radius 1 is 1.27 bits per heavy atom. The first kappa shape index (κ1) is 19.7. The van der Waals surface area contributed by atoms with E-state index in [9.17, 15) is 27.9 Å². The van der Waals surface area contributed by atoms with Crippen LogP contribution in [0.1, 0.15) is 30.0 Å². The first-order valence-corrected chi connectivity index (χ1v) is 8.99. The maximum atomic E-state index is 12.8. The van der Waals surface area contributed by atoms with Gasteiger partial charge in [0.15, 0.2) is 5.82 Å². The summed E-state index contributed by atoms with van der Waals surface area (Å²) in [6.45, 7) is 0. The average Bonchev–Trinajstić information content (AvgIpc) is 3.48. The number of amides is 1. The number of anilines is 1. The number of carboxylic acid groups (broad SMARTS) is 1. The van der Waals surface area contributed by atoms with Gasteiger partial charge in [0.1, 0.15) is 0 Å². The molecule has 0 unspecified atom stereocenters. The number of aromatic nitrogens is 4. The van der Waals surface area contributed by atoms with E-state index in [2.05, 4.69) is 15.1 Å². The predicted molar refractivity (Wildman–Crippen MR) is 101 cm³/mol. The standard InChI is InChI=1S/C19H16F3N5O3/c1-26(18(29)30)13-8-14(15(23-9-13)10-2-3-10)16-24-17(28)27(25-16)12-6-4-11(5-7-12)19(20,21)22/h4-10H,2-3H2,1H3,(H,29,30)(H,24,25,28). The van der Waals surface area contributed by atoms with Crippen LogP contribution in [-0.4, -0.2) is 38.0 Å². The smallest absolute Gasteiger partial charge is 0.416 e. The summed E-state index contributed by atoms with van der Waals surface area (Å²) >= 11 is 0. The summed E-state index contributed by atoms with van der Waals surface area (Å²) in [5, 5.41) is 13.4. The number of alkyl halides is 3.